The highest BCUT2D eigenvalue weighted by Crippen LogP contribution is 2.32. The van der Waals surface area contributed by atoms with Gasteiger partial charge in [0, 0.05) is 4.91 Å². The molecular formula is C13H15N3O4. The highest BCUT2D eigenvalue weighted by atomic mass is 16.7. The van der Waals surface area contributed by atoms with Gasteiger partial charge in [0.05, 0.1) is 19.3 Å². The molecule has 20 heavy (non-hydrogen) atoms. The molecule has 3 rings (SSSR count). The predicted octanol–water partition coefficient (Wildman–Crippen LogP) is 1.37. The van der Waals surface area contributed by atoms with Gasteiger partial charge in [0.25, 0.3) is 0 Å². The number of benzene rings is 1. The maximum atomic E-state index is 10.2. The van der Waals surface area contributed by atoms with Gasteiger partial charge in [-0.25, -0.2) is 0 Å². The molecule has 2 saturated heterocycles. The Labute approximate surface area is 115 Å². The van der Waals surface area contributed by atoms with Gasteiger partial charge in [-0.2, -0.15) is 0 Å². The van der Waals surface area contributed by atoms with Crippen LogP contribution in [0.25, 0.3) is 10.4 Å². The van der Waals surface area contributed by atoms with Crippen LogP contribution in [0.5, 0.6) is 0 Å². The zero-order valence-corrected chi connectivity index (χ0v) is 10.7. The average molecular weight is 277 g/mol. The molecule has 7 heteroatoms. The summed E-state index contributed by atoms with van der Waals surface area (Å²) in [5.41, 5.74) is 9.63. The molecule has 2 heterocycles. The summed E-state index contributed by atoms with van der Waals surface area (Å²) in [4.78, 5) is 2.79. The number of nitrogens with zero attached hydrogens (tertiary/aromatic N) is 3. The smallest absolute Gasteiger partial charge is 0.169 e. The van der Waals surface area contributed by atoms with Crippen molar-refractivity contribution in [3.8, 4) is 0 Å². The van der Waals surface area contributed by atoms with Crippen molar-refractivity contribution in [2.45, 2.75) is 37.3 Å². The highest BCUT2D eigenvalue weighted by molar-refractivity contribution is 5.13. The summed E-state index contributed by atoms with van der Waals surface area (Å²) in [5.74, 6) is 0. The van der Waals surface area contributed by atoms with Crippen LogP contribution in [0.4, 0.5) is 0 Å². The van der Waals surface area contributed by atoms with E-state index in [2.05, 4.69) is 10.0 Å². The summed E-state index contributed by atoms with van der Waals surface area (Å²) in [6.07, 6.45) is -2.56. The summed E-state index contributed by atoms with van der Waals surface area (Å²) in [5, 5.41) is 13.9. The Morgan fingerprint density at radius 2 is 2.20 bits per heavy atom. The molecule has 0 aromatic heterocycles. The molecule has 0 radical (unpaired) electrons. The monoisotopic (exact) mass is 277 g/mol. The Balaban J connectivity index is 1.73. The minimum atomic E-state index is -0.868. The summed E-state index contributed by atoms with van der Waals surface area (Å²) < 4.78 is 16.6. The zero-order valence-electron chi connectivity index (χ0n) is 10.7. The minimum absolute atomic E-state index is 0.286. The predicted molar refractivity (Wildman–Crippen MR) is 68.6 cm³/mol. The van der Waals surface area contributed by atoms with Gasteiger partial charge < -0.3 is 19.3 Å². The van der Waals surface area contributed by atoms with E-state index in [1.807, 2.05) is 30.3 Å². The van der Waals surface area contributed by atoms with Gasteiger partial charge >= 0.3 is 0 Å². The number of azide groups is 1. The van der Waals surface area contributed by atoms with E-state index >= 15 is 0 Å². The third-order valence-electron chi connectivity index (χ3n) is 3.54. The van der Waals surface area contributed by atoms with E-state index < -0.39 is 30.6 Å². The molecule has 0 unspecified atom stereocenters. The molecule has 2 aliphatic heterocycles. The van der Waals surface area contributed by atoms with Gasteiger partial charge in [-0.05, 0) is 11.1 Å². The number of hydrogen-bond donors (Lipinski definition) is 1. The summed E-state index contributed by atoms with van der Waals surface area (Å²) in [7, 11) is 0. The van der Waals surface area contributed by atoms with E-state index in [1.165, 1.54) is 0 Å². The Morgan fingerprint density at radius 3 is 2.95 bits per heavy atom. The van der Waals surface area contributed by atoms with Crippen molar-refractivity contribution in [3.63, 3.8) is 0 Å². The van der Waals surface area contributed by atoms with Gasteiger partial charge in [0.15, 0.2) is 6.29 Å². The summed E-state index contributed by atoms with van der Waals surface area (Å²) in [6, 6.07) is 8.92. The molecule has 2 fully saturated rings. The Kier molecular flexibility index (Phi) is 3.86. The molecule has 0 amide bonds. The number of aliphatic hydroxyl groups excluding tert-OH is 1. The number of ether oxygens (including phenoxy) is 3. The van der Waals surface area contributed by atoms with Crippen molar-refractivity contribution in [1.82, 2.24) is 0 Å². The topological polar surface area (TPSA) is 96.7 Å². The molecule has 0 spiro atoms. The van der Waals surface area contributed by atoms with Crippen LogP contribution in [-0.2, 0) is 20.8 Å². The number of rotatable bonds is 4. The lowest BCUT2D eigenvalue weighted by molar-refractivity contribution is -0.195. The van der Waals surface area contributed by atoms with E-state index in [-0.39, 0.29) is 6.61 Å². The Bertz CT molecular complexity index is 506. The van der Waals surface area contributed by atoms with Crippen molar-refractivity contribution >= 4 is 0 Å². The van der Waals surface area contributed by atoms with Crippen LogP contribution in [0.15, 0.2) is 35.4 Å². The lowest BCUT2D eigenvalue weighted by Crippen LogP contribution is -2.54. The molecule has 0 aliphatic carbocycles. The van der Waals surface area contributed by atoms with Gasteiger partial charge in [-0.3, -0.25) is 0 Å². The van der Waals surface area contributed by atoms with Crippen LogP contribution in [0.2, 0.25) is 0 Å². The molecule has 106 valence electrons. The zero-order chi connectivity index (χ0) is 13.9. The fourth-order valence-electron chi connectivity index (χ4n) is 2.51. The first-order chi connectivity index (χ1) is 9.79. The standard InChI is InChI=1S/C13H15N3O4/c14-16-15-10-12(11(17)9-7-19-13(10)20-9)18-6-8-4-2-1-3-5-8/h1-5,9-13,17H,6-7H2/t9-,10-,11-,12-,13-/m1/s1. The van der Waals surface area contributed by atoms with Crippen molar-refractivity contribution in [1.29, 1.82) is 0 Å². The van der Waals surface area contributed by atoms with Crippen molar-refractivity contribution in [3.05, 3.63) is 46.3 Å². The lowest BCUT2D eigenvalue weighted by Gasteiger charge is -2.36. The van der Waals surface area contributed by atoms with Crippen molar-refractivity contribution in [2.75, 3.05) is 6.61 Å². The van der Waals surface area contributed by atoms with Crippen LogP contribution in [0.1, 0.15) is 5.56 Å². The third kappa shape index (κ3) is 2.49. The molecule has 1 aromatic carbocycles. The quantitative estimate of drug-likeness (QED) is 0.510. The van der Waals surface area contributed by atoms with Crippen LogP contribution in [0, 0.1) is 0 Å². The third-order valence-corrected chi connectivity index (χ3v) is 3.54. The van der Waals surface area contributed by atoms with E-state index in [9.17, 15) is 5.11 Å². The second-order valence-corrected chi connectivity index (χ2v) is 4.82. The maximum Gasteiger partial charge on any atom is 0.169 e. The minimum Gasteiger partial charge on any atom is -0.388 e. The SMILES string of the molecule is [N-]=[N+]=N[C@H]1[C@@H]2OC[C@@H](O2)[C@@H](O)[C@@H]1OCc1ccccc1. The van der Waals surface area contributed by atoms with Gasteiger partial charge in [0.1, 0.15) is 18.2 Å². The first-order valence-electron chi connectivity index (χ1n) is 6.44. The fraction of sp³-hybridized carbons (Fsp3) is 0.538. The van der Waals surface area contributed by atoms with Gasteiger partial charge in [-0.15, -0.1) is 0 Å². The summed E-state index contributed by atoms with van der Waals surface area (Å²) >= 11 is 0. The lowest BCUT2D eigenvalue weighted by atomic mass is 9.99. The van der Waals surface area contributed by atoms with Gasteiger partial charge in [-0.1, -0.05) is 35.4 Å². The van der Waals surface area contributed by atoms with E-state index in [0.29, 0.717) is 6.61 Å². The molecule has 1 aromatic rings. The van der Waals surface area contributed by atoms with Crippen molar-refractivity contribution < 1.29 is 19.3 Å². The van der Waals surface area contributed by atoms with Crippen LogP contribution in [0.3, 0.4) is 0 Å². The van der Waals surface area contributed by atoms with Crippen molar-refractivity contribution in [2.24, 2.45) is 5.11 Å². The first-order valence-corrected chi connectivity index (χ1v) is 6.44. The average Bonchev–Trinajstić information content (AvgIpc) is 2.92. The molecule has 2 bridgehead atoms. The number of fused-ring (bicyclic) bond motifs is 2. The van der Waals surface area contributed by atoms with E-state index in [0.717, 1.165) is 5.56 Å². The normalized spacial score (nSPS) is 35.5. The van der Waals surface area contributed by atoms with Crippen LogP contribution in [-0.4, -0.2) is 42.4 Å². The largest absolute Gasteiger partial charge is 0.388 e. The molecule has 7 nitrogen and oxygen atoms in total. The second-order valence-electron chi connectivity index (χ2n) is 4.82. The molecule has 5 atom stereocenters. The Morgan fingerprint density at radius 1 is 1.40 bits per heavy atom. The van der Waals surface area contributed by atoms with Crippen LogP contribution < -0.4 is 0 Å². The number of hydrogen-bond acceptors (Lipinski definition) is 5. The molecule has 2 aliphatic rings. The fourth-order valence-corrected chi connectivity index (χ4v) is 2.51. The van der Waals surface area contributed by atoms with Crippen LogP contribution >= 0.6 is 0 Å². The molecule has 0 saturated carbocycles. The van der Waals surface area contributed by atoms with E-state index in [4.69, 9.17) is 19.7 Å². The molecular weight excluding hydrogens is 262 g/mol. The highest BCUT2D eigenvalue weighted by Gasteiger charge is 2.50. The molecule has 1 N–H and O–H groups in total. The first kappa shape index (κ1) is 13.4. The van der Waals surface area contributed by atoms with E-state index in [1.54, 1.807) is 0 Å². The van der Waals surface area contributed by atoms with Gasteiger partial charge in [0.2, 0.25) is 0 Å². The second kappa shape index (κ2) is 5.78. The summed E-state index contributed by atoms with van der Waals surface area (Å²) in [6.45, 7) is 0.619. The Hall–Kier alpha value is -1.63. The maximum absolute atomic E-state index is 10.2. The number of aliphatic hydroxyl groups is 1.